The van der Waals surface area contributed by atoms with Crippen LogP contribution in [0.15, 0.2) is 54.6 Å². The van der Waals surface area contributed by atoms with Gasteiger partial charge in [-0.25, -0.2) is 14.1 Å². The molecular formula is C21H22FN5O. The Balaban J connectivity index is 1.67. The Kier molecular flexibility index (Phi) is 5.16. The van der Waals surface area contributed by atoms with E-state index < -0.39 is 0 Å². The molecule has 1 saturated heterocycles. The third-order valence-electron chi connectivity index (χ3n) is 4.92. The fourth-order valence-corrected chi connectivity index (χ4v) is 3.53. The average Bonchev–Trinajstić information content (AvgIpc) is 3.18. The number of piperazine rings is 1. The lowest BCUT2D eigenvalue weighted by Crippen LogP contribution is -2.49. The molecule has 1 aromatic heterocycles. The minimum absolute atomic E-state index is 0.170. The number of para-hydroxylation sites is 1. The number of halogens is 1. The van der Waals surface area contributed by atoms with Crippen molar-refractivity contribution in [1.29, 1.82) is 0 Å². The van der Waals surface area contributed by atoms with E-state index in [0.29, 0.717) is 26.1 Å². The minimum atomic E-state index is -0.310. The molecule has 2 aromatic carbocycles. The first kappa shape index (κ1) is 18.3. The maximum absolute atomic E-state index is 13.7. The molecule has 3 aromatic rings. The van der Waals surface area contributed by atoms with E-state index in [1.54, 1.807) is 15.6 Å². The molecule has 1 fully saturated rings. The Bertz CT molecular complexity index is 972. The van der Waals surface area contributed by atoms with E-state index in [0.717, 1.165) is 17.1 Å². The minimum Gasteiger partial charge on any atom is -0.326 e. The molecule has 4 rings (SSSR count). The summed E-state index contributed by atoms with van der Waals surface area (Å²) in [4.78, 5) is 19.5. The second kappa shape index (κ2) is 7.90. The van der Waals surface area contributed by atoms with Gasteiger partial charge in [0.25, 0.3) is 5.91 Å². The highest BCUT2D eigenvalue weighted by Crippen LogP contribution is 2.24. The van der Waals surface area contributed by atoms with Crippen LogP contribution in [-0.2, 0) is 6.42 Å². The topological polar surface area (TPSA) is 63.1 Å². The number of carbonyl (C=O) groups is 1. The summed E-state index contributed by atoms with van der Waals surface area (Å²) < 4.78 is 15.4. The van der Waals surface area contributed by atoms with Gasteiger partial charge >= 0.3 is 0 Å². The van der Waals surface area contributed by atoms with Gasteiger partial charge in [-0.05, 0) is 29.8 Å². The second-order valence-corrected chi connectivity index (χ2v) is 6.73. The third kappa shape index (κ3) is 3.53. The second-order valence-electron chi connectivity index (χ2n) is 6.73. The van der Waals surface area contributed by atoms with Crippen molar-refractivity contribution in [1.82, 2.24) is 25.0 Å². The number of aromatic nitrogens is 3. The maximum Gasteiger partial charge on any atom is 0.294 e. The van der Waals surface area contributed by atoms with Crippen molar-refractivity contribution >= 4 is 5.91 Å². The Morgan fingerprint density at radius 1 is 1.21 bits per heavy atom. The molecule has 1 atom stereocenters. The molecule has 0 aliphatic carbocycles. The molecule has 1 amide bonds. The highest BCUT2D eigenvalue weighted by atomic mass is 19.1. The summed E-state index contributed by atoms with van der Waals surface area (Å²) in [5.41, 5.74) is 1.63. The van der Waals surface area contributed by atoms with E-state index in [1.807, 2.05) is 43.3 Å². The van der Waals surface area contributed by atoms with Gasteiger partial charge in [0.1, 0.15) is 11.6 Å². The van der Waals surface area contributed by atoms with Gasteiger partial charge in [0.2, 0.25) is 5.82 Å². The zero-order valence-electron chi connectivity index (χ0n) is 15.7. The van der Waals surface area contributed by atoms with Gasteiger partial charge in [0.05, 0.1) is 11.7 Å². The molecule has 1 N–H and O–H groups in total. The molecule has 0 bridgehead atoms. The monoisotopic (exact) mass is 379 g/mol. The van der Waals surface area contributed by atoms with E-state index in [1.165, 1.54) is 12.1 Å². The normalized spacial score (nSPS) is 16.9. The van der Waals surface area contributed by atoms with Gasteiger partial charge in [-0.15, -0.1) is 5.10 Å². The van der Waals surface area contributed by atoms with Crippen molar-refractivity contribution in [3.05, 3.63) is 77.6 Å². The number of nitrogens with zero attached hydrogens (tertiary/aromatic N) is 4. The van der Waals surface area contributed by atoms with Crippen LogP contribution >= 0.6 is 0 Å². The van der Waals surface area contributed by atoms with Gasteiger partial charge in [-0.1, -0.05) is 37.3 Å². The summed E-state index contributed by atoms with van der Waals surface area (Å²) in [6, 6.07) is 15.8. The van der Waals surface area contributed by atoms with Gasteiger partial charge in [0.15, 0.2) is 0 Å². The summed E-state index contributed by atoms with van der Waals surface area (Å²) in [5, 5.41) is 7.77. The van der Waals surface area contributed by atoms with Crippen molar-refractivity contribution in [3.8, 4) is 5.69 Å². The molecule has 0 spiro atoms. The van der Waals surface area contributed by atoms with Gasteiger partial charge in [-0.3, -0.25) is 4.79 Å². The largest absolute Gasteiger partial charge is 0.326 e. The van der Waals surface area contributed by atoms with Crippen LogP contribution in [0.4, 0.5) is 4.39 Å². The molecule has 7 heteroatoms. The molecule has 1 aliphatic heterocycles. The summed E-state index contributed by atoms with van der Waals surface area (Å²) in [5.74, 6) is 0.353. The Morgan fingerprint density at radius 3 is 2.79 bits per heavy atom. The van der Waals surface area contributed by atoms with Crippen LogP contribution in [0.3, 0.4) is 0 Å². The third-order valence-corrected chi connectivity index (χ3v) is 4.92. The molecule has 1 aliphatic rings. The zero-order valence-corrected chi connectivity index (χ0v) is 15.7. The van der Waals surface area contributed by atoms with E-state index in [2.05, 4.69) is 15.4 Å². The fourth-order valence-electron chi connectivity index (χ4n) is 3.53. The standard InChI is InChI=1S/C21H22FN5O/c1-2-19-24-20(25-27(19)17-9-4-3-5-10-17)21(28)26-12-11-23-14-18(26)15-7-6-8-16(22)13-15/h3-10,13,18,23H,2,11-12,14H2,1H3. The lowest BCUT2D eigenvalue weighted by molar-refractivity contribution is 0.0621. The molecule has 6 nitrogen and oxygen atoms in total. The van der Waals surface area contributed by atoms with Crippen LogP contribution in [-0.4, -0.2) is 45.2 Å². The molecule has 28 heavy (non-hydrogen) atoms. The Morgan fingerprint density at radius 2 is 2.04 bits per heavy atom. The van der Waals surface area contributed by atoms with Gasteiger partial charge in [-0.2, -0.15) is 0 Å². The quantitative estimate of drug-likeness (QED) is 0.757. The number of amides is 1. The predicted octanol–water partition coefficient (Wildman–Crippen LogP) is 2.76. The molecular weight excluding hydrogens is 357 g/mol. The number of nitrogens with one attached hydrogen (secondary N) is 1. The predicted molar refractivity (Wildman–Crippen MR) is 104 cm³/mol. The SMILES string of the molecule is CCc1nc(C(=O)N2CCNCC2c2cccc(F)c2)nn1-c1ccccc1. The zero-order chi connectivity index (χ0) is 19.5. The smallest absolute Gasteiger partial charge is 0.294 e. The van der Waals surface area contributed by atoms with E-state index in [-0.39, 0.29) is 23.6 Å². The molecule has 0 saturated carbocycles. The fraction of sp³-hybridized carbons (Fsp3) is 0.286. The van der Waals surface area contributed by atoms with Crippen molar-refractivity contribution < 1.29 is 9.18 Å². The van der Waals surface area contributed by atoms with Crippen LogP contribution in [0.2, 0.25) is 0 Å². The number of hydrogen-bond donors (Lipinski definition) is 1. The summed E-state index contributed by atoms with van der Waals surface area (Å²) in [7, 11) is 0. The lowest BCUT2D eigenvalue weighted by atomic mass is 10.0. The number of hydrogen-bond acceptors (Lipinski definition) is 4. The van der Waals surface area contributed by atoms with Crippen molar-refractivity contribution in [2.75, 3.05) is 19.6 Å². The molecule has 2 heterocycles. The summed E-state index contributed by atoms with van der Waals surface area (Å²) >= 11 is 0. The number of benzene rings is 2. The van der Waals surface area contributed by atoms with Crippen LogP contribution in [0.5, 0.6) is 0 Å². The van der Waals surface area contributed by atoms with Crippen molar-refractivity contribution in [2.24, 2.45) is 0 Å². The van der Waals surface area contributed by atoms with Crippen molar-refractivity contribution in [2.45, 2.75) is 19.4 Å². The van der Waals surface area contributed by atoms with Crippen LogP contribution in [0, 0.1) is 5.82 Å². The summed E-state index contributed by atoms with van der Waals surface area (Å²) in [6.45, 7) is 3.74. The Labute approximate surface area is 163 Å². The van der Waals surface area contributed by atoms with E-state index in [4.69, 9.17) is 0 Å². The van der Waals surface area contributed by atoms with Crippen LogP contribution in [0.25, 0.3) is 5.69 Å². The summed E-state index contributed by atoms with van der Waals surface area (Å²) in [6.07, 6.45) is 0.657. The molecule has 144 valence electrons. The van der Waals surface area contributed by atoms with Crippen LogP contribution < -0.4 is 5.32 Å². The number of rotatable bonds is 4. The number of carbonyl (C=O) groups excluding carboxylic acids is 1. The highest BCUT2D eigenvalue weighted by Gasteiger charge is 2.31. The van der Waals surface area contributed by atoms with E-state index >= 15 is 0 Å². The first-order chi connectivity index (χ1) is 13.7. The lowest BCUT2D eigenvalue weighted by Gasteiger charge is -2.35. The van der Waals surface area contributed by atoms with Gasteiger partial charge in [0, 0.05) is 26.1 Å². The number of aryl methyl sites for hydroxylation is 1. The van der Waals surface area contributed by atoms with Gasteiger partial charge < -0.3 is 10.2 Å². The molecule has 0 radical (unpaired) electrons. The van der Waals surface area contributed by atoms with Crippen LogP contribution in [0.1, 0.15) is 35.0 Å². The van der Waals surface area contributed by atoms with E-state index in [9.17, 15) is 9.18 Å². The Hall–Kier alpha value is -3.06. The average molecular weight is 379 g/mol. The highest BCUT2D eigenvalue weighted by molar-refractivity contribution is 5.91. The first-order valence-electron chi connectivity index (χ1n) is 9.46. The molecule has 1 unspecified atom stereocenters. The maximum atomic E-state index is 13.7. The first-order valence-corrected chi connectivity index (χ1v) is 9.46. The van der Waals surface area contributed by atoms with Crippen molar-refractivity contribution in [3.63, 3.8) is 0 Å².